The van der Waals surface area contributed by atoms with Gasteiger partial charge in [-0.15, -0.1) is 0 Å². The van der Waals surface area contributed by atoms with Crippen LogP contribution in [0.1, 0.15) is 18.4 Å². The number of carbonyl (C=O) groups is 2. The number of hydrogen-bond donors (Lipinski definition) is 0. The smallest absolute Gasteiger partial charge is 0.314 e. The molecular weight excluding hydrogens is 379 g/mol. The molecule has 29 heavy (non-hydrogen) atoms. The lowest BCUT2D eigenvalue weighted by atomic mass is 9.97. The fourth-order valence-corrected chi connectivity index (χ4v) is 3.08. The Labute approximate surface area is 166 Å². The summed E-state index contributed by atoms with van der Waals surface area (Å²) in [4.78, 5) is 36.6. The first-order chi connectivity index (χ1) is 13.9. The molecule has 0 aromatic heterocycles. The maximum Gasteiger partial charge on any atom is 0.314 e. The molecule has 2 aromatic rings. The zero-order valence-electron chi connectivity index (χ0n) is 15.5. The molecule has 1 heterocycles. The van der Waals surface area contributed by atoms with Gasteiger partial charge in [-0.3, -0.25) is 19.7 Å². The van der Waals surface area contributed by atoms with Crippen LogP contribution in [0.4, 0.5) is 10.1 Å². The highest BCUT2D eigenvalue weighted by Crippen LogP contribution is 2.29. The molecule has 2 aromatic carbocycles. The summed E-state index contributed by atoms with van der Waals surface area (Å²) in [6, 6.07) is 12.1. The number of ether oxygens (including phenoxy) is 1. The van der Waals surface area contributed by atoms with E-state index in [-0.39, 0.29) is 5.91 Å². The van der Waals surface area contributed by atoms with Gasteiger partial charge in [0.05, 0.1) is 10.8 Å². The molecule has 1 aliphatic heterocycles. The van der Waals surface area contributed by atoms with Crippen LogP contribution in [0.2, 0.25) is 0 Å². The third-order valence-corrected chi connectivity index (χ3v) is 4.69. The lowest BCUT2D eigenvalue weighted by Gasteiger charge is -2.30. The van der Waals surface area contributed by atoms with E-state index in [1.54, 1.807) is 11.0 Å². The molecule has 0 unspecified atom stereocenters. The van der Waals surface area contributed by atoms with Gasteiger partial charge in [-0.1, -0.05) is 30.3 Å². The van der Waals surface area contributed by atoms with Crippen LogP contribution in [0, 0.1) is 21.8 Å². The minimum Gasteiger partial charge on any atom is -0.419 e. The number of likely N-dealkylation sites (tertiary alicyclic amines) is 1. The van der Waals surface area contributed by atoms with Gasteiger partial charge in [0.2, 0.25) is 11.7 Å². The second kappa shape index (κ2) is 9.09. The number of nitro groups is 1. The van der Waals surface area contributed by atoms with E-state index in [1.165, 1.54) is 6.08 Å². The third-order valence-electron chi connectivity index (χ3n) is 4.69. The summed E-state index contributed by atoms with van der Waals surface area (Å²) < 4.78 is 18.5. The van der Waals surface area contributed by atoms with Crippen molar-refractivity contribution in [3.8, 4) is 5.75 Å². The van der Waals surface area contributed by atoms with Crippen LogP contribution in [0.15, 0.2) is 54.6 Å². The Bertz CT molecular complexity index is 937. The predicted octanol–water partition coefficient (Wildman–Crippen LogP) is 3.59. The molecule has 1 fully saturated rings. The van der Waals surface area contributed by atoms with Crippen LogP contribution in [0.5, 0.6) is 5.75 Å². The molecule has 0 N–H and O–H groups in total. The topological polar surface area (TPSA) is 89.8 Å². The summed E-state index contributed by atoms with van der Waals surface area (Å²) in [5, 5.41) is 11.0. The first kappa shape index (κ1) is 20.2. The van der Waals surface area contributed by atoms with E-state index in [4.69, 9.17) is 4.74 Å². The highest BCUT2D eigenvalue weighted by Gasteiger charge is 2.29. The van der Waals surface area contributed by atoms with Gasteiger partial charge in [0, 0.05) is 31.3 Å². The first-order valence-electron chi connectivity index (χ1n) is 9.11. The van der Waals surface area contributed by atoms with Crippen molar-refractivity contribution >= 4 is 23.6 Å². The third kappa shape index (κ3) is 5.25. The van der Waals surface area contributed by atoms with Crippen molar-refractivity contribution in [1.29, 1.82) is 0 Å². The maximum atomic E-state index is 13.4. The van der Waals surface area contributed by atoms with Gasteiger partial charge >= 0.3 is 11.7 Å². The van der Waals surface area contributed by atoms with Crippen molar-refractivity contribution in [3.05, 3.63) is 76.1 Å². The summed E-state index contributed by atoms with van der Waals surface area (Å²) in [7, 11) is 0. The number of halogens is 1. The van der Waals surface area contributed by atoms with Gasteiger partial charge in [0.15, 0.2) is 0 Å². The average molecular weight is 398 g/mol. The van der Waals surface area contributed by atoms with E-state index in [0.717, 1.165) is 23.8 Å². The molecule has 1 amide bonds. The van der Waals surface area contributed by atoms with Crippen LogP contribution in [0.3, 0.4) is 0 Å². The van der Waals surface area contributed by atoms with Gasteiger partial charge in [0.1, 0.15) is 5.82 Å². The zero-order chi connectivity index (χ0) is 20.8. The second-order valence-electron chi connectivity index (χ2n) is 6.63. The lowest BCUT2D eigenvalue weighted by Crippen LogP contribution is -2.40. The number of esters is 1. The van der Waals surface area contributed by atoms with E-state index >= 15 is 0 Å². The summed E-state index contributed by atoms with van der Waals surface area (Å²) in [5.41, 5.74) is 0.439. The summed E-state index contributed by atoms with van der Waals surface area (Å²) in [6.45, 7) is 0.728. The van der Waals surface area contributed by atoms with Gasteiger partial charge in [-0.25, -0.2) is 4.39 Å². The highest BCUT2D eigenvalue weighted by atomic mass is 19.1. The second-order valence-corrected chi connectivity index (χ2v) is 6.63. The Morgan fingerprint density at radius 1 is 1.14 bits per heavy atom. The Kier molecular flexibility index (Phi) is 6.33. The minimum absolute atomic E-state index is 0.151. The number of rotatable bonds is 5. The number of hydrogen-bond acceptors (Lipinski definition) is 5. The maximum absolute atomic E-state index is 13.4. The fraction of sp³-hybridized carbons (Fsp3) is 0.238. The number of benzene rings is 2. The molecule has 0 saturated carbocycles. The molecule has 150 valence electrons. The minimum atomic E-state index is -0.734. The molecule has 3 rings (SSSR count). The molecule has 8 heteroatoms. The molecule has 0 aliphatic carbocycles. The molecule has 0 radical (unpaired) electrons. The van der Waals surface area contributed by atoms with Gasteiger partial charge < -0.3 is 9.64 Å². The van der Waals surface area contributed by atoms with Gasteiger partial charge in [-0.2, -0.15) is 0 Å². The molecule has 1 saturated heterocycles. The summed E-state index contributed by atoms with van der Waals surface area (Å²) >= 11 is 0. The normalized spacial score (nSPS) is 14.7. The summed E-state index contributed by atoms with van der Waals surface area (Å²) in [5.74, 6) is -2.47. The Morgan fingerprint density at radius 3 is 2.48 bits per heavy atom. The van der Waals surface area contributed by atoms with E-state index in [2.05, 4.69) is 0 Å². The van der Waals surface area contributed by atoms with E-state index in [1.807, 2.05) is 30.3 Å². The molecule has 0 bridgehead atoms. The highest BCUT2D eigenvalue weighted by molar-refractivity contribution is 5.92. The van der Waals surface area contributed by atoms with Crippen molar-refractivity contribution in [1.82, 2.24) is 4.90 Å². The van der Waals surface area contributed by atoms with Crippen LogP contribution < -0.4 is 4.74 Å². The largest absolute Gasteiger partial charge is 0.419 e. The van der Waals surface area contributed by atoms with Crippen LogP contribution >= 0.6 is 0 Å². The standard InChI is InChI=1S/C21H19FN2O5/c22-17-7-8-18(24(27)28)19(14-17)29-21(26)16-10-12-23(13-11-16)20(25)9-6-15-4-2-1-3-5-15/h1-9,14,16H,10-13H2. The molecular formula is C21H19FN2O5. The molecule has 1 aliphatic rings. The Balaban J connectivity index is 1.56. The van der Waals surface area contributed by atoms with Crippen LogP contribution in [-0.2, 0) is 9.59 Å². The Morgan fingerprint density at radius 2 is 1.83 bits per heavy atom. The van der Waals surface area contributed by atoms with E-state index in [9.17, 15) is 24.1 Å². The lowest BCUT2D eigenvalue weighted by molar-refractivity contribution is -0.385. The van der Waals surface area contributed by atoms with Crippen molar-refractivity contribution in [3.63, 3.8) is 0 Å². The van der Waals surface area contributed by atoms with Crippen molar-refractivity contribution in [2.75, 3.05) is 13.1 Å². The Hall–Kier alpha value is -3.55. The van der Waals surface area contributed by atoms with E-state index < -0.39 is 34.1 Å². The number of carbonyl (C=O) groups excluding carboxylic acids is 2. The molecule has 7 nitrogen and oxygen atoms in total. The first-order valence-corrected chi connectivity index (χ1v) is 9.11. The SMILES string of the molecule is O=C(Oc1cc(F)ccc1[N+](=O)[O-])C1CCN(C(=O)C=Cc2ccccc2)CC1. The monoisotopic (exact) mass is 398 g/mol. The molecule has 0 spiro atoms. The van der Waals surface area contributed by atoms with Crippen molar-refractivity contribution in [2.45, 2.75) is 12.8 Å². The zero-order valence-corrected chi connectivity index (χ0v) is 15.5. The molecule has 0 atom stereocenters. The number of piperidine rings is 1. The number of amides is 1. The van der Waals surface area contributed by atoms with Gasteiger partial charge in [0.25, 0.3) is 0 Å². The van der Waals surface area contributed by atoms with Crippen LogP contribution in [0.25, 0.3) is 6.08 Å². The quantitative estimate of drug-likeness (QED) is 0.252. The summed E-state index contributed by atoms with van der Waals surface area (Å²) in [6.07, 6.45) is 3.95. The van der Waals surface area contributed by atoms with Crippen molar-refractivity contribution < 1.29 is 23.6 Å². The van der Waals surface area contributed by atoms with Crippen molar-refractivity contribution in [2.24, 2.45) is 5.92 Å². The fourth-order valence-electron chi connectivity index (χ4n) is 3.08. The number of nitrogens with zero attached hydrogens (tertiary/aromatic N) is 2. The number of nitro benzene ring substituents is 1. The van der Waals surface area contributed by atoms with E-state index in [0.29, 0.717) is 25.9 Å². The average Bonchev–Trinajstić information content (AvgIpc) is 2.72. The predicted molar refractivity (Wildman–Crippen MR) is 103 cm³/mol. The van der Waals surface area contributed by atoms with Gasteiger partial charge in [-0.05, 0) is 30.5 Å². The van der Waals surface area contributed by atoms with Crippen LogP contribution in [-0.4, -0.2) is 34.8 Å².